The van der Waals surface area contributed by atoms with E-state index in [4.69, 9.17) is 5.73 Å². The molecule has 0 radical (unpaired) electrons. The fraction of sp³-hybridized carbons (Fsp3) is 0. The van der Waals surface area contributed by atoms with E-state index >= 15 is 0 Å². The molecule has 2 heterocycles. The van der Waals surface area contributed by atoms with Gasteiger partial charge in [0.25, 0.3) is 5.91 Å². The molecule has 2 N–H and O–H groups in total. The molecule has 0 fully saturated rings. The summed E-state index contributed by atoms with van der Waals surface area (Å²) in [4.78, 5) is 15.0. The maximum absolute atomic E-state index is 10.9. The largest absolute Gasteiger partial charge is 0.363 e. The van der Waals surface area contributed by atoms with Crippen LogP contribution in [0.4, 0.5) is 0 Å². The molecule has 0 bridgehead atoms. The average Bonchev–Trinajstić information content (AvgIpc) is 2.67. The number of nitrogens with zero attached hydrogens (tertiary/aromatic N) is 4. The zero-order valence-corrected chi connectivity index (χ0v) is 7.16. The molecule has 70 valence electrons. The van der Waals surface area contributed by atoms with Gasteiger partial charge in [0.15, 0.2) is 0 Å². The molecule has 0 aliphatic heterocycles. The summed E-state index contributed by atoms with van der Waals surface area (Å²) in [7, 11) is 0. The van der Waals surface area contributed by atoms with Crippen LogP contribution >= 0.6 is 0 Å². The van der Waals surface area contributed by atoms with E-state index in [1.54, 1.807) is 24.4 Å². The Hall–Kier alpha value is -2.24. The maximum Gasteiger partial charge on any atom is 0.287 e. The van der Waals surface area contributed by atoms with Gasteiger partial charge < -0.3 is 5.73 Å². The lowest BCUT2D eigenvalue weighted by Crippen LogP contribution is -2.17. The lowest BCUT2D eigenvalue weighted by molar-refractivity contribution is 0.0988. The van der Waals surface area contributed by atoms with Crippen molar-refractivity contribution in [2.75, 3.05) is 0 Å². The zero-order valence-electron chi connectivity index (χ0n) is 7.16. The van der Waals surface area contributed by atoms with Crippen LogP contribution in [0.1, 0.15) is 10.6 Å². The predicted octanol–water partition coefficient (Wildman–Crippen LogP) is -0.239. The Morgan fingerprint density at radius 2 is 2.29 bits per heavy atom. The van der Waals surface area contributed by atoms with Crippen LogP contribution in [0.25, 0.3) is 5.82 Å². The first-order valence-electron chi connectivity index (χ1n) is 3.90. The number of hydrogen-bond donors (Lipinski definition) is 1. The van der Waals surface area contributed by atoms with Gasteiger partial charge >= 0.3 is 0 Å². The fourth-order valence-corrected chi connectivity index (χ4v) is 1.07. The number of carbonyl (C=O) groups is 1. The summed E-state index contributed by atoms with van der Waals surface area (Å²) >= 11 is 0. The monoisotopic (exact) mass is 189 g/mol. The van der Waals surface area contributed by atoms with Gasteiger partial charge in [0.1, 0.15) is 12.1 Å². The van der Waals surface area contributed by atoms with E-state index in [9.17, 15) is 4.79 Å². The third-order valence-corrected chi connectivity index (χ3v) is 1.66. The minimum Gasteiger partial charge on any atom is -0.363 e. The first-order chi connectivity index (χ1) is 6.79. The molecule has 0 aromatic carbocycles. The highest BCUT2D eigenvalue weighted by Crippen LogP contribution is 2.04. The van der Waals surface area contributed by atoms with Crippen molar-refractivity contribution in [3.63, 3.8) is 0 Å². The van der Waals surface area contributed by atoms with E-state index < -0.39 is 5.91 Å². The van der Waals surface area contributed by atoms with Gasteiger partial charge in [-0.15, -0.1) is 10.2 Å². The van der Waals surface area contributed by atoms with Crippen molar-refractivity contribution < 1.29 is 4.79 Å². The summed E-state index contributed by atoms with van der Waals surface area (Å²) in [5.74, 6) is 0.00292. The number of hydrogen-bond acceptors (Lipinski definition) is 4. The van der Waals surface area contributed by atoms with E-state index in [1.165, 1.54) is 10.9 Å². The molecule has 1 amide bonds. The molecule has 0 aliphatic carbocycles. The van der Waals surface area contributed by atoms with E-state index in [-0.39, 0.29) is 5.82 Å². The number of pyridine rings is 1. The molecule has 0 atom stereocenters. The third kappa shape index (κ3) is 1.33. The predicted molar refractivity (Wildman–Crippen MR) is 47.7 cm³/mol. The number of rotatable bonds is 2. The van der Waals surface area contributed by atoms with Gasteiger partial charge in [-0.1, -0.05) is 6.07 Å². The first-order valence-corrected chi connectivity index (χ1v) is 3.90. The molecular weight excluding hydrogens is 182 g/mol. The highest BCUT2D eigenvalue weighted by atomic mass is 16.1. The van der Waals surface area contributed by atoms with Crippen LogP contribution in [-0.4, -0.2) is 25.7 Å². The Balaban J connectivity index is 2.52. The summed E-state index contributed by atoms with van der Waals surface area (Å²) in [5.41, 5.74) is 5.11. The van der Waals surface area contributed by atoms with Crippen LogP contribution in [0.5, 0.6) is 0 Å². The summed E-state index contributed by atoms with van der Waals surface area (Å²) in [6.45, 7) is 0. The highest BCUT2D eigenvalue weighted by molar-refractivity contribution is 5.89. The molecule has 2 rings (SSSR count). The molecule has 6 heteroatoms. The quantitative estimate of drug-likeness (QED) is 0.706. The molecule has 0 unspecified atom stereocenters. The molecule has 14 heavy (non-hydrogen) atoms. The number of carbonyl (C=O) groups excluding carboxylic acids is 1. The van der Waals surface area contributed by atoms with Crippen molar-refractivity contribution in [3.8, 4) is 5.82 Å². The lowest BCUT2D eigenvalue weighted by Gasteiger charge is -2.01. The Morgan fingerprint density at radius 3 is 2.93 bits per heavy atom. The fourth-order valence-electron chi connectivity index (χ4n) is 1.07. The van der Waals surface area contributed by atoms with E-state index in [1.807, 2.05) is 0 Å². The Labute approximate surface area is 79.4 Å². The summed E-state index contributed by atoms with van der Waals surface area (Å²) in [5, 5.41) is 7.18. The van der Waals surface area contributed by atoms with Gasteiger partial charge in [-0.2, -0.15) is 0 Å². The highest BCUT2D eigenvalue weighted by Gasteiger charge is 2.11. The molecular formula is C8H7N5O. The Bertz CT molecular complexity index is 450. The number of nitrogens with two attached hydrogens (primary N) is 1. The van der Waals surface area contributed by atoms with Crippen molar-refractivity contribution in [1.82, 2.24) is 19.7 Å². The maximum atomic E-state index is 10.9. The molecule has 0 saturated carbocycles. The van der Waals surface area contributed by atoms with Gasteiger partial charge in [-0.05, 0) is 12.1 Å². The van der Waals surface area contributed by atoms with Gasteiger partial charge in [0.05, 0.1) is 0 Å². The van der Waals surface area contributed by atoms with Gasteiger partial charge in [-0.25, -0.2) is 4.98 Å². The van der Waals surface area contributed by atoms with E-state index in [0.717, 1.165) is 0 Å². The minimum atomic E-state index is -0.631. The van der Waals surface area contributed by atoms with Crippen LogP contribution in [0.3, 0.4) is 0 Å². The average molecular weight is 189 g/mol. The molecule has 2 aromatic rings. The Kier molecular flexibility index (Phi) is 1.94. The molecule has 0 aliphatic rings. The van der Waals surface area contributed by atoms with Crippen LogP contribution in [0.2, 0.25) is 0 Å². The Morgan fingerprint density at radius 1 is 1.43 bits per heavy atom. The van der Waals surface area contributed by atoms with Crippen molar-refractivity contribution in [2.24, 2.45) is 5.73 Å². The smallest absolute Gasteiger partial charge is 0.287 e. The topological polar surface area (TPSA) is 86.7 Å². The number of amides is 1. The number of primary amides is 1. The minimum absolute atomic E-state index is 0.0729. The van der Waals surface area contributed by atoms with Crippen LogP contribution in [-0.2, 0) is 0 Å². The van der Waals surface area contributed by atoms with Gasteiger partial charge in [-0.3, -0.25) is 9.36 Å². The molecule has 0 saturated heterocycles. The first kappa shape index (κ1) is 8.36. The molecule has 6 nitrogen and oxygen atoms in total. The SMILES string of the molecule is NC(=O)c1nncn1-c1ccccn1. The van der Waals surface area contributed by atoms with Crippen molar-refractivity contribution >= 4 is 5.91 Å². The lowest BCUT2D eigenvalue weighted by atomic mass is 10.4. The van der Waals surface area contributed by atoms with Crippen molar-refractivity contribution in [1.29, 1.82) is 0 Å². The van der Waals surface area contributed by atoms with Crippen LogP contribution in [0.15, 0.2) is 30.7 Å². The third-order valence-electron chi connectivity index (χ3n) is 1.66. The van der Waals surface area contributed by atoms with Crippen LogP contribution < -0.4 is 5.73 Å². The standard InChI is InChI=1S/C8H7N5O/c9-7(14)8-12-11-5-13(8)6-3-1-2-4-10-6/h1-5H,(H2,9,14). The molecule has 2 aromatic heterocycles. The summed E-state index contributed by atoms with van der Waals surface area (Å²) in [6.07, 6.45) is 3.00. The summed E-state index contributed by atoms with van der Waals surface area (Å²) in [6, 6.07) is 5.31. The molecule has 0 spiro atoms. The second-order valence-corrected chi connectivity index (χ2v) is 2.58. The van der Waals surface area contributed by atoms with Crippen molar-refractivity contribution in [3.05, 3.63) is 36.5 Å². The second kappa shape index (κ2) is 3.25. The van der Waals surface area contributed by atoms with Gasteiger partial charge in [0, 0.05) is 6.20 Å². The normalized spacial score (nSPS) is 10.0. The van der Waals surface area contributed by atoms with E-state index in [2.05, 4.69) is 15.2 Å². The van der Waals surface area contributed by atoms with Crippen molar-refractivity contribution in [2.45, 2.75) is 0 Å². The number of aromatic nitrogens is 4. The van der Waals surface area contributed by atoms with Gasteiger partial charge in [0.2, 0.25) is 5.82 Å². The van der Waals surface area contributed by atoms with Crippen LogP contribution in [0, 0.1) is 0 Å². The van der Waals surface area contributed by atoms with E-state index in [0.29, 0.717) is 5.82 Å². The second-order valence-electron chi connectivity index (χ2n) is 2.58. The zero-order chi connectivity index (χ0) is 9.97. The summed E-state index contributed by atoms with van der Waals surface area (Å²) < 4.78 is 1.43.